The summed E-state index contributed by atoms with van der Waals surface area (Å²) in [4.78, 5) is 13.4. The maximum atomic E-state index is 4.85. The van der Waals surface area contributed by atoms with Gasteiger partial charge in [-0.2, -0.15) is 0 Å². The van der Waals surface area contributed by atoms with Gasteiger partial charge in [-0.15, -0.1) is 5.10 Å². The molecular weight excluding hydrogens is 300 g/mol. The molecule has 1 fully saturated rings. The molecule has 0 radical (unpaired) electrons. The first-order valence-electron chi connectivity index (χ1n) is 8.46. The third kappa shape index (κ3) is 2.73. The number of imidazole rings is 1. The van der Waals surface area contributed by atoms with Crippen LogP contribution in [0.2, 0.25) is 0 Å². The average Bonchev–Trinajstić information content (AvgIpc) is 3.05. The van der Waals surface area contributed by atoms with Crippen LogP contribution >= 0.6 is 0 Å². The summed E-state index contributed by atoms with van der Waals surface area (Å²) >= 11 is 0. The summed E-state index contributed by atoms with van der Waals surface area (Å²) in [7, 11) is 0. The Labute approximate surface area is 141 Å². The Balaban J connectivity index is 1.64. The highest BCUT2D eigenvalue weighted by Gasteiger charge is 2.20. The van der Waals surface area contributed by atoms with Crippen LogP contribution < -0.4 is 4.90 Å². The topological polar surface area (TPSA) is 49.6 Å². The van der Waals surface area contributed by atoms with E-state index in [1.807, 2.05) is 28.9 Å². The molecule has 1 saturated heterocycles. The molecule has 0 amide bonds. The molecule has 0 atom stereocenters. The van der Waals surface area contributed by atoms with Crippen molar-refractivity contribution >= 4 is 11.5 Å². The molecule has 4 rings (SSSR count). The number of rotatable bonds is 3. The van der Waals surface area contributed by atoms with E-state index in [0.717, 1.165) is 48.9 Å². The van der Waals surface area contributed by atoms with Crippen LogP contribution in [0.4, 0.5) is 5.82 Å². The van der Waals surface area contributed by atoms with Gasteiger partial charge in [0.25, 0.3) is 0 Å². The van der Waals surface area contributed by atoms with Gasteiger partial charge in [0.1, 0.15) is 5.82 Å². The van der Waals surface area contributed by atoms with Gasteiger partial charge in [0, 0.05) is 50.2 Å². The van der Waals surface area contributed by atoms with E-state index in [9.17, 15) is 0 Å². The zero-order valence-electron chi connectivity index (χ0n) is 14.1. The molecule has 6 heteroatoms. The lowest BCUT2D eigenvalue weighted by atomic mass is 10.2. The molecule has 4 heterocycles. The van der Waals surface area contributed by atoms with Crippen LogP contribution in [0.1, 0.15) is 13.8 Å². The van der Waals surface area contributed by atoms with Gasteiger partial charge in [-0.25, -0.2) is 9.50 Å². The fraction of sp³-hybridized carbons (Fsp3) is 0.389. The molecule has 0 aromatic carbocycles. The summed E-state index contributed by atoms with van der Waals surface area (Å²) in [5, 5.41) is 4.85. The standard InChI is InChI=1S/C18H22N6/c1-14(2)22-9-11-23(12-10-22)18-4-3-17-20-13-16(24(17)21-18)15-5-7-19-8-6-15/h3-8,13-14H,9-12H2,1-2H3. The minimum Gasteiger partial charge on any atom is -0.353 e. The smallest absolute Gasteiger partial charge is 0.154 e. The van der Waals surface area contributed by atoms with Crippen molar-refractivity contribution in [3.8, 4) is 11.3 Å². The quantitative estimate of drug-likeness (QED) is 0.741. The number of piperazine rings is 1. The van der Waals surface area contributed by atoms with E-state index >= 15 is 0 Å². The number of hydrogen-bond donors (Lipinski definition) is 0. The van der Waals surface area contributed by atoms with Crippen LogP contribution in [-0.4, -0.2) is 56.7 Å². The van der Waals surface area contributed by atoms with E-state index in [1.54, 1.807) is 12.4 Å². The fourth-order valence-corrected chi connectivity index (χ4v) is 3.22. The lowest BCUT2D eigenvalue weighted by Crippen LogP contribution is -2.49. The van der Waals surface area contributed by atoms with Crippen LogP contribution in [0.5, 0.6) is 0 Å². The van der Waals surface area contributed by atoms with E-state index in [1.165, 1.54) is 0 Å². The van der Waals surface area contributed by atoms with Gasteiger partial charge in [-0.1, -0.05) is 0 Å². The maximum Gasteiger partial charge on any atom is 0.154 e. The summed E-state index contributed by atoms with van der Waals surface area (Å²) in [5.41, 5.74) is 2.94. The molecule has 0 aliphatic carbocycles. The third-order valence-corrected chi connectivity index (χ3v) is 4.69. The highest BCUT2D eigenvalue weighted by Crippen LogP contribution is 2.21. The van der Waals surface area contributed by atoms with Gasteiger partial charge in [0.15, 0.2) is 5.65 Å². The molecule has 3 aromatic heterocycles. The molecule has 124 valence electrons. The van der Waals surface area contributed by atoms with Gasteiger partial charge in [0.2, 0.25) is 0 Å². The molecule has 1 aliphatic heterocycles. The second-order valence-electron chi connectivity index (χ2n) is 6.46. The first-order valence-corrected chi connectivity index (χ1v) is 8.46. The summed E-state index contributed by atoms with van der Waals surface area (Å²) in [6, 6.07) is 8.69. The number of anilines is 1. The highest BCUT2D eigenvalue weighted by molar-refractivity contribution is 5.63. The van der Waals surface area contributed by atoms with Crippen LogP contribution in [0, 0.1) is 0 Å². The molecule has 6 nitrogen and oxygen atoms in total. The maximum absolute atomic E-state index is 4.85. The minimum absolute atomic E-state index is 0.606. The van der Waals surface area contributed by atoms with E-state index in [4.69, 9.17) is 5.10 Å². The molecule has 1 aliphatic rings. The molecule has 24 heavy (non-hydrogen) atoms. The largest absolute Gasteiger partial charge is 0.353 e. The molecule has 0 unspecified atom stereocenters. The number of fused-ring (bicyclic) bond motifs is 1. The summed E-state index contributed by atoms with van der Waals surface area (Å²) in [6.45, 7) is 8.70. The Kier molecular flexibility index (Phi) is 3.90. The lowest BCUT2D eigenvalue weighted by Gasteiger charge is -2.37. The number of nitrogens with zero attached hydrogens (tertiary/aromatic N) is 6. The van der Waals surface area contributed by atoms with Crippen molar-refractivity contribution in [2.24, 2.45) is 0 Å². The Morgan fingerprint density at radius 1 is 0.958 bits per heavy atom. The van der Waals surface area contributed by atoms with Crippen molar-refractivity contribution in [3.05, 3.63) is 42.9 Å². The SMILES string of the molecule is CC(C)N1CCN(c2ccc3ncc(-c4ccncc4)n3n2)CC1. The zero-order chi connectivity index (χ0) is 16.5. The normalized spacial score (nSPS) is 16.2. The molecule has 3 aromatic rings. The van der Waals surface area contributed by atoms with E-state index < -0.39 is 0 Å². The molecule has 0 bridgehead atoms. The number of hydrogen-bond acceptors (Lipinski definition) is 5. The van der Waals surface area contributed by atoms with Crippen molar-refractivity contribution < 1.29 is 0 Å². The van der Waals surface area contributed by atoms with Crippen molar-refractivity contribution in [2.75, 3.05) is 31.1 Å². The summed E-state index contributed by atoms with van der Waals surface area (Å²) < 4.78 is 1.93. The van der Waals surface area contributed by atoms with Gasteiger partial charge in [-0.05, 0) is 38.1 Å². The Bertz CT molecular complexity index is 818. The van der Waals surface area contributed by atoms with Crippen LogP contribution in [-0.2, 0) is 0 Å². The van der Waals surface area contributed by atoms with E-state index in [0.29, 0.717) is 6.04 Å². The second-order valence-corrected chi connectivity index (χ2v) is 6.46. The predicted octanol–water partition coefficient (Wildman–Crippen LogP) is 2.32. The molecule has 0 N–H and O–H groups in total. The first-order chi connectivity index (χ1) is 11.7. The lowest BCUT2D eigenvalue weighted by molar-refractivity contribution is 0.209. The number of aromatic nitrogens is 4. The molecular formula is C18H22N6. The summed E-state index contributed by atoms with van der Waals surface area (Å²) in [5.74, 6) is 1.01. The second kappa shape index (κ2) is 6.20. The van der Waals surface area contributed by atoms with E-state index in [-0.39, 0.29) is 0 Å². The minimum atomic E-state index is 0.606. The Morgan fingerprint density at radius 3 is 2.42 bits per heavy atom. The zero-order valence-corrected chi connectivity index (χ0v) is 14.1. The Hall–Kier alpha value is -2.47. The molecule has 0 spiro atoms. The molecule has 0 saturated carbocycles. The van der Waals surface area contributed by atoms with Gasteiger partial charge in [-0.3, -0.25) is 9.88 Å². The highest BCUT2D eigenvalue weighted by atomic mass is 15.4. The van der Waals surface area contributed by atoms with Gasteiger partial charge >= 0.3 is 0 Å². The van der Waals surface area contributed by atoms with Crippen molar-refractivity contribution in [2.45, 2.75) is 19.9 Å². The fourth-order valence-electron chi connectivity index (χ4n) is 3.22. The summed E-state index contributed by atoms with van der Waals surface area (Å²) in [6.07, 6.45) is 5.46. The van der Waals surface area contributed by atoms with Crippen molar-refractivity contribution in [1.29, 1.82) is 0 Å². The van der Waals surface area contributed by atoms with Crippen LogP contribution in [0.25, 0.3) is 16.9 Å². The van der Waals surface area contributed by atoms with E-state index in [2.05, 4.69) is 39.7 Å². The van der Waals surface area contributed by atoms with Gasteiger partial charge < -0.3 is 4.90 Å². The van der Waals surface area contributed by atoms with Gasteiger partial charge in [0.05, 0.1) is 11.9 Å². The predicted molar refractivity (Wildman–Crippen MR) is 95.1 cm³/mol. The van der Waals surface area contributed by atoms with Crippen LogP contribution in [0.15, 0.2) is 42.9 Å². The van der Waals surface area contributed by atoms with Crippen LogP contribution in [0.3, 0.4) is 0 Å². The van der Waals surface area contributed by atoms with Crippen molar-refractivity contribution in [1.82, 2.24) is 24.5 Å². The first kappa shape index (κ1) is 15.1. The monoisotopic (exact) mass is 322 g/mol. The Morgan fingerprint density at radius 2 is 1.71 bits per heavy atom. The average molecular weight is 322 g/mol. The third-order valence-electron chi connectivity index (χ3n) is 4.69. The van der Waals surface area contributed by atoms with Crippen molar-refractivity contribution in [3.63, 3.8) is 0 Å². The number of pyridine rings is 1.